The summed E-state index contributed by atoms with van der Waals surface area (Å²) in [6.45, 7) is 0.239. The highest BCUT2D eigenvalue weighted by atomic mass is 16.2. The molecule has 18 heavy (non-hydrogen) atoms. The number of carbonyl (C=O) groups excluding carboxylic acids is 3. The Morgan fingerprint density at radius 2 is 1.50 bits per heavy atom. The minimum atomic E-state index is -0.756. The number of fused-ring (bicyclic) bond motifs is 1. The summed E-state index contributed by atoms with van der Waals surface area (Å²) in [4.78, 5) is 36.2. The summed E-state index contributed by atoms with van der Waals surface area (Å²) in [5, 5.41) is 4.90. The van der Waals surface area contributed by atoms with Gasteiger partial charge in [-0.15, -0.1) is 0 Å². The van der Waals surface area contributed by atoms with Gasteiger partial charge in [-0.1, -0.05) is 30.3 Å². The Kier molecular flexibility index (Phi) is 2.29. The van der Waals surface area contributed by atoms with Gasteiger partial charge >= 0.3 is 6.03 Å². The van der Waals surface area contributed by atoms with E-state index in [9.17, 15) is 14.4 Å². The van der Waals surface area contributed by atoms with E-state index in [0.717, 1.165) is 5.56 Å². The van der Waals surface area contributed by atoms with Crippen molar-refractivity contribution in [2.45, 2.75) is 18.6 Å². The molecular formula is C12H11N3O3. The average molecular weight is 245 g/mol. The maximum atomic E-state index is 12.0. The number of urea groups is 1. The van der Waals surface area contributed by atoms with Crippen molar-refractivity contribution in [3.05, 3.63) is 35.9 Å². The molecular weight excluding hydrogens is 234 g/mol. The van der Waals surface area contributed by atoms with Crippen LogP contribution in [0.4, 0.5) is 4.79 Å². The first-order chi connectivity index (χ1) is 8.66. The largest absolute Gasteiger partial charge is 0.324 e. The van der Waals surface area contributed by atoms with Gasteiger partial charge in [0.2, 0.25) is 0 Å². The maximum absolute atomic E-state index is 12.0. The van der Waals surface area contributed by atoms with Gasteiger partial charge in [-0.25, -0.2) is 4.79 Å². The Morgan fingerprint density at radius 1 is 0.944 bits per heavy atom. The van der Waals surface area contributed by atoms with Crippen molar-refractivity contribution in [2.24, 2.45) is 0 Å². The van der Waals surface area contributed by atoms with Gasteiger partial charge in [0.15, 0.2) is 0 Å². The molecule has 1 aromatic carbocycles. The van der Waals surface area contributed by atoms with Gasteiger partial charge in [0, 0.05) is 0 Å². The van der Waals surface area contributed by atoms with Crippen molar-refractivity contribution in [1.82, 2.24) is 15.5 Å². The van der Waals surface area contributed by atoms with Crippen LogP contribution >= 0.6 is 0 Å². The van der Waals surface area contributed by atoms with E-state index in [0.29, 0.717) is 0 Å². The van der Waals surface area contributed by atoms with Gasteiger partial charge in [-0.3, -0.25) is 14.5 Å². The van der Waals surface area contributed by atoms with Gasteiger partial charge in [0.25, 0.3) is 11.8 Å². The first kappa shape index (κ1) is 10.8. The van der Waals surface area contributed by atoms with Gasteiger partial charge in [0.05, 0.1) is 6.54 Å². The monoisotopic (exact) mass is 245 g/mol. The Morgan fingerprint density at radius 3 is 2.06 bits per heavy atom. The highest BCUT2D eigenvalue weighted by Gasteiger charge is 2.52. The fraction of sp³-hybridized carbons (Fsp3) is 0.250. The van der Waals surface area contributed by atoms with Crippen LogP contribution in [0, 0.1) is 0 Å². The number of hydrogen-bond acceptors (Lipinski definition) is 3. The lowest BCUT2D eigenvalue weighted by Gasteiger charge is -2.15. The number of likely N-dealkylation sites (tertiary alicyclic amines) is 1. The molecule has 6 nitrogen and oxygen atoms in total. The van der Waals surface area contributed by atoms with Gasteiger partial charge in [-0.05, 0) is 5.56 Å². The third-order valence-electron chi connectivity index (χ3n) is 3.15. The normalized spacial score (nSPS) is 26.0. The van der Waals surface area contributed by atoms with Crippen LogP contribution in [0.3, 0.4) is 0 Å². The van der Waals surface area contributed by atoms with E-state index in [1.165, 1.54) is 4.90 Å². The number of benzene rings is 1. The lowest BCUT2D eigenvalue weighted by molar-refractivity contribution is -0.140. The molecule has 0 radical (unpaired) electrons. The van der Waals surface area contributed by atoms with Crippen molar-refractivity contribution in [2.75, 3.05) is 0 Å². The summed E-state index contributed by atoms with van der Waals surface area (Å²) in [7, 11) is 0. The van der Waals surface area contributed by atoms with Crippen LogP contribution in [0.1, 0.15) is 5.56 Å². The SMILES string of the molecule is O=C1NC2C(=O)N(Cc3ccccc3)C(=O)C2N1. The lowest BCUT2D eigenvalue weighted by Crippen LogP contribution is -2.40. The van der Waals surface area contributed by atoms with Crippen LogP contribution in [0.2, 0.25) is 0 Å². The zero-order chi connectivity index (χ0) is 12.7. The van der Waals surface area contributed by atoms with E-state index < -0.39 is 18.1 Å². The van der Waals surface area contributed by atoms with Gasteiger partial charge in [-0.2, -0.15) is 0 Å². The Bertz CT molecular complexity index is 503. The summed E-state index contributed by atoms with van der Waals surface area (Å²) >= 11 is 0. The Balaban J connectivity index is 1.81. The fourth-order valence-electron chi connectivity index (χ4n) is 2.27. The molecule has 4 amide bonds. The van der Waals surface area contributed by atoms with E-state index in [4.69, 9.17) is 0 Å². The summed E-state index contributed by atoms with van der Waals surface area (Å²) in [6.07, 6.45) is 0. The first-order valence-corrected chi connectivity index (χ1v) is 5.63. The van der Waals surface area contributed by atoms with Crippen molar-refractivity contribution in [1.29, 1.82) is 0 Å². The van der Waals surface area contributed by atoms with E-state index in [1.54, 1.807) is 0 Å². The van der Waals surface area contributed by atoms with Crippen molar-refractivity contribution in [3.63, 3.8) is 0 Å². The minimum absolute atomic E-state index is 0.239. The van der Waals surface area contributed by atoms with Crippen molar-refractivity contribution >= 4 is 17.8 Å². The van der Waals surface area contributed by atoms with Gasteiger partial charge in [0.1, 0.15) is 12.1 Å². The predicted molar refractivity (Wildman–Crippen MR) is 61.2 cm³/mol. The molecule has 2 aliphatic rings. The van der Waals surface area contributed by atoms with Crippen molar-refractivity contribution < 1.29 is 14.4 Å². The molecule has 0 aliphatic carbocycles. The van der Waals surface area contributed by atoms with Crippen LogP contribution in [-0.4, -0.2) is 34.8 Å². The van der Waals surface area contributed by atoms with Crippen LogP contribution in [-0.2, 0) is 16.1 Å². The highest BCUT2D eigenvalue weighted by Crippen LogP contribution is 2.20. The number of carbonyl (C=O) groups is 3. The van der Waals surface area contributed by atoms with Crippen LogP contribution in [0.25, 0.3) is 0 Å². The topological polar surface area (TPSA) is 78.5 Å². The molecule has 2 N–H and O–H groups in total. The van der Waals surface area contributed by atoms with E-state index in [1.807, 2.05) is 30.3 Å². The smallest absolute Gasteiger partial charge is 0.316 e. The number of amides is 4. The van der Waals surface area contributed by atoms with E-state index in [2.05, 4.69) is 10.6 Å². The van der Waals surface area contributed by atoms with E-state index in [-0.39, 0.29) is 18.4 Å². The number of rotatable bonds is 2. The molecule has 0 aromatic heterocycles. The quantitative estimate of drug-likeness (QED) is 0.696. The number of nitrogens with zero attached hydrogens (tertiary/aromatic N) is 1. The van der Waals surface area contributed by atoms with Crippen LogP contribution < -0.4 is 10.6 Å². The number of nitrogens with one attached hydrogen (secondary N) is 2. The molecule has 2 unspecified atom stereocenters. The summed E-state index contributed by atoms with van der Waals surface area (Å²) in [5.41, 5.74) is 0.880. The molecule has 2 aliphatic heterocycles. The Hall–Kier alpha value is -2.37. The molecule has 1 aromatic rings. The van der Waals surface area contributed by atoms with Crippen LogP contribution in [0.5, 0.6) is 0 Å². The van der Waals surface area contributed by atoms with Gasteiger partial charge < -0.3 is 10.6 Å². The molecule has 3 rings (SSSR count). The molecule has 0 bridgehead atoms. The minimum Gasteiger partial charge on any atom is -0.324 e. The Labute approximate surface area is 103 Å². The third kappa shape index (κ3) is 1.54. The predicted octanol–water partition coefficient (Wildman–Crippen LogP) is -0.395. The summed E-state index contributed by atoms with van der Waals surface area (Å²) in [6, 6.07) is 7.28. The lowest BCUT2D eigenvalue weighted by atomic mass is 10.2. The number of imide groups is 1. The summed E-state index contributed by atoms with van der Waals surface area (Å²) < 4.78 is 0. The second kappa shape index (κ2) is 3.83. The molecule has 2 atom stereocenters. The summed E-state index contributed by atoms with van der Waals surface area (Å²) in [5.74, 6) is -0.709. The third-order valence-corrected chi connectivity index (χ3v) is 3.15. The highest BCUT2D eigenvalue weighted by molar-refractivity contribution is 6.13. The molecule has 2 saturated heterocycles. The first-order valence-electron chi connectivity index (χ1n) is 5.63. The number of hydrogen-bond donors (Lipinski definition) is 2. The zero-order valence-electron chi connectivity index (χ0n) is 9.42. The molecule has 2 fully saturated rings. The molecule has 0 spiro atoms. The molecule has 0 saturated carbocycles. The fourth-order valence-corrected chi connectivity index (χ4v) is 2.27. The molecule has 2 heterocycles. The molecule has 6 heteroatoms. The van der Waals surface area contributed by atoms with Crippen LogP contribution in [0.15, 0.2) is 30.3 Å². The zero-order valence-corrected chi connectivity index (χ0v) is 9.42. The van der Waals surface area contributed by atoms with E-state index >= 15 is 0 Å². The second-order valence-electron chi connectivity index (χ2n) is 4.32. The van der Waals surface area contributed by atoms with Crippen molar-refractivity contribution in [3.8, 4) is 0 Å². The second-order valence-corrected chi connectivity index (χ2v) is 4.32. The molecule has 92 valence electrons. The standard InChI is InChI=1S/C12H11N3O3/c16-10-8-9(14-12(18)13-8)11(17)15(10)6-7-4-2-1-3-5-7/h1-5,8-9H,6H2,(H2,13,14,18). The average Bonchev–Trinajstić information content (AvgIpc) is 2.85. The maximum Gasteiger partial charge on any atom is 0.316 e.